The van der Waals surface area contributed by atoms with Crippen LogP contribution in [0.5, 0.6) is 0 Å². The van der Waals surface area contributed by atoms with Crippen molar-refractivity contribution in [2.45, 2.75) is 26.7 Å². The van der Waals surface area contributed by atoms with Crippen molar-refractivity contribution < 1.29 is 4.79 Å². The number of carbonyl (C=O) groups excluding carboxylic acids is 1. The first-order valence-corrected chi connectivity index (χ1v) is 7.82. The zero-order chi connectivity index (χ0) is 16.1. The molecule has 0 aromatic heterocycles. The summed E-state index contributed by atoms with van der Waals surface area (Å²) < 4.78 is 0. The highest BCUT2D eigenvalue weighted by Crippen LogP contribution is 2.23. The number of nitrogens with zero attached hydrogens (tertiary/aromatic N) is 2. The molecular formula is C17H20ClN3O. The lowest BCUT2D eigenvalue weighted by Gasteiger charge is -2.30. The Labute approximate surface area is 136 Å². The van der Waals surface area contributed by atoms with Crippen LogP contribution in [0.15, 0.2) is 30.0 Å². The predicted octanol–water partition coefficient (Wildman–Crippen LogP) is 3.73. The summed E-state index contributed by atoms with van der Waals surface area (Å²) in [5, 5.41) is 12.9. The van der Waals surface area contributed by atoms with E-state index in [0.29, 0.717) is 10.9 Å². The van der Waals surface area contributed by atoms with E-state index in [2.05, 4.69) is 12.2 Å². The molecule has 0 spiro atoms. The van der Waals surface area contributed by atoms with E-state index in [1.807, 2.05) is 25.1 Å². The zero-order valence-electron chi connectivity index (χ0n) is 12.9. The van der Waals surface area contributed by atoms with Crippen molar-refractivity contribution in [3.8, 4) is 6.07 Å². The number of likely N-dealkylation sites (tertiary alicyclic amines) is 1. The van der Waals surface area contributed by atoms with E-state index in [1.54, 1.807) is 11.0 Å². The number of nitriles is 1. The summed E-state index contributed by atoms with van der Waals surface area (Å²) in [5.41, 5.74) is 1.80. The van der Waals surface area contributed by atoms with Crippen LogP contribution in [-0.2, 0) is 4.79 Å². The van der Waals surface area contributed by atoms with Crippen molar-refractivity contribution in [2.24, 2.45) is 5.92 Å². The maximum Gasteiger partial charge on any atom is 0.266 e. The fourth-order valence-electron chi connectivity index (χ4n) is 2.44. The summed E-state index contributed by atoms with van der Waals surface area (Å²) in [7, 11) is 0. The van der Waals surface area contributed by atoms with Gasteiger partial charge in [-0.05, 0) is 43.4 Å². The fourth-order valence-corrected chi connectivity index (χ4v) is 2.61. The monoisotopic (exact) mass is 317 g/mol. The molecule has 1 aliphatic heterocycles. The van der Waals surface area contributed by atoms with Gasteiger partial charge in [-0.15, -0.1) is 0 Å². The number of halogens is 1. The van der Waals surface area contributed by atoms with Gasteiger partial charge in [0.25, 0.3) is 5.91 Å². The molecule has 1 aliphatic rings. The number of rotatable bonds is 3. The SMILES string of the molecule is Cc1c(Cl)cccc1N/C=C(/C#N)C(=O)N1CCC(C)CC1. The van der Waals surface area contributed by atoms with E-state index in [4.69, 9.17) is 11.6 Å². The number of anilines is 1. The Bertz CT molecular complexity index is 625. The Kier molecular flexibility index (Phi) is 5.46. The van der Waals surface area contributed by atoms with E-state index in [9.17, 15) is 10.1 Å². The molecule has 116 valence electrons. The second kappa shape index (κ2) is 7.33. The summed E-state index contributed by atoms with van der Waals surface area (Å²) in [6, 6.07) is 7.48. The van der Waals surface area contributed by atoms with Crippen molar-refractivity contribution >= 4 is 23.2 Å². The normalized spacial score (nSPS) is 16.3. The minimum absolute atomic E-state index is 0.119. The molecular weight excluding hydrogens is 298 g/mol. The molecule has 1 aromatic carbocycles. The van der Waals surface area contributed by atoms with Gasteiger partial charge in [0.15, 0.2) is 0 Å². The van der Waals surface area contributed by atoms with Crippen molar-refractivity contribution in [3.63, 3.8) is 0 Å². The quantitative estimate of drug-likeness (QED) is 0.682. The van der Waals surface area contributed by atoms with E-state index >= 15 is 0 Å². The minimum Gasteiger partial charge on any atom is -0.360 e. The van der Waals surface area contributed by atoms with Crippen LogP contribution in [-0.4, -0.2) is 23.9 Å². The summed E-state index contributed by atoms with van der Waals surface area (Å²) in [4.78, 5) is 14.1. The van der Waals surface area contributed by atoms with Crippen LogP contribution >= 0.6 is 11.6 Å². The van der Waals surface area contributed by atoms with Gasteiger partial charge in [0.1, 0.15) is 11.6 Å². The minimum atomic E-state index is -0.207. The highest BCUT2D eigenvalue weighted by molar-refractivity contribution is 6.31. The number of hydrogen-bond acceptors (Lipinski definition) is 3. The van der Waals surface area contributed by atoms with Crippen LogP contribution < -0.4 is 5.32 Å². The zero-order valence-corrected chi connectivity index (χ0v) is 13.7. The predicted molar refractivity (Wildman–Crippen MR) is 88.5 cm³/mol. The topological polar surface area (TPSA) is 56.1 Å². The van der Waals surface area contributed by atoms with Gasteiger partial charge in [0.05, 0.1) is 0 Å². The van der Waals surface area contributed by atoms with E-state index in [-0.39, 0.29) is 11.5 Å². The average molecular weight is 318 g/mol. The molecule has 1 heterocycles. The smallest absolute Gasteiger partial charge is 0.266 e. The molecule has 0 saturated carbocycles. The Hall–Kier alpha value is -1.99. The number of hydrogen-bond donors (Lipinski definition) is 1. The van der Waals surface area contributed by atoms with E-state index in [0.717, 1.165) is 37.2 Å². The second-order valence-electron chi connectivity index (χ2n) is 5.70. The lowest BCUT2D eigenvalue weighted by molar-refractivity contribution is -0.128. The highest BCUT2D eigenvalue weighted by Gasteiger charge is 2.23. The van der Waals surface area contributed by atoms with Gasteiger partial charge < -0.3 is 10.2 Å². The second-order valence-corrected chi connectivity index (χ2v) is 6.11. The van der Waals surface area contributed by atoms with Gasteiger partial charge in [-0.25, -0.2) is 0 Å². The Morgan fingerprint density at radius 3 is 2.77 bits per heavy atom. The van der Waals surface area contributed by atoms with Crippen LogP contribution in [0.3, 0.4) is 0 Å². The third-order valence-corrected chi connectivity index (χ3v) is 4.47. The lowest BCUT2D eigenvalue weighted by Crippen LogP contribution is -2.38. The molecule has 0 aliphatic carbocycles. The molecule has 5 heteroatoms. The molecule has 0 bridgehead atoms. The first-order chi connectivity index (χ1) is 10.5. The summed E-state index contributed by atoms with van der Waals surface area (Å²) in [6.45, 7) is 5.51. The molecule has 1 fully saturated rings. The van der Waals surface area contributed by atoms with Gasteiger partial charge in [-0.2, -0.15) is 5.26 Å². The molecule has 1 aromatic rings. The van der Waals surface area contributed by atoms with Crippen LogP contribution in [0, 0.1) is 24.2 Å². The molecule has 22 heavy (non-hydrogen) atoms. The molecule has 0 radical (unpaired) electrons. The number of nitrogens with one attached hydrogen (secondary N) is 1. The largest absolute Gasteiger partial charge is 0.360 e. The van der Waals surface area contributed by atoms with Crippen molar-refractivity contribution in [1.29, 1.82) is 5.26 Å². The van der Waals surface area contributed by atoms with Crippen LogP contribution in [0.2, 0.25) is 5.02 Å². The molecule has 0 unspecified atom stereocenters. The highest BCUT2D eigenvalue weighted by atomic mass is 35.5. The Balaban J connectivity index is 2.09. The van der Waals surface area contributed by atoms with Gasteiger partial charge in [-0.3, -0.25) is 4.79 Å². The number of amides is 1. The molecule has 1 amide bonds. The standard InChI is InChI=1S/C17H20ClN3O/c1-12-6-8-21(9-7-12)17(22)14(10-19)11-20-16-5-3-4-15(18)13(16)2/h3-5,11-12,20H,6-9H2,1-2H3/b14-11-. The molecule has 0 atom stereocenters. The molecule has 4 nitrogen and oxygen atoms in total. The third kappa shape index (κ3) is 3.80. The summed E-state index contributed by atoms with van der Waals surface area (Å²) in [5.74, 6) is 0.437. The van der Waals surface area contributed by atoms with E-state index < -0.39 is 0 Å². The van der Waals surface area contributed by atoms with Crippen LogP contribution in [0.4, 0.5) is 5.69 Å². The first-order valence-electron chi connectivity index (χ1n) is 7.44. The maximum atomic E-state index is 12.4. The van der Waals surface area contributed by atoms with E-state index in [1.165, 1.54) is 6.20 Å². The summed E-state index contributed by atoms with van der Waals surface area (Å²) >= 11 is 6.06. The van der Waals surface area contributed by atoms with Gasteiger partial charge >= 0.3 is 0 Å². The molecule has 1 saturated heterocycles. The van der Waals surface area contributed by atoms with Gasteiger partial charge in [0.2, 0.25) is 0 Å². The lowest BCUT2D eigenvalue weighted by atomic mass is 9.99. The van der Waals surface area contributed by atoms with Crippen molar-refractivity contribution in [1.82, 2.24) is 4.90 Å². The van der Waals surface area contributed by atoms with Crippen molar-refractivity contribution in [2.75, 3.05) is 18.4 Å². The number of benzene rings is 1. The summed E-state index contributed by atoms with van der Waals surface area (Å²) in [6.07, 6.45) is 3.45. The third-order valence-electron chi connectivity index (χ3n) is 4.06. The van der Waals surface area contributed by atoms with Gasteiger partial charge in [0, 0.05) is 30.0 Å². The molecule has 1 N–H and O–H groups in total. The number of piperidine rings is 1. The Morgan fingerprint density at radius 2 is 2.14 bits per heavy atom. The molecule has 2 rings (SSSR count). The number of carbonyl (C=O) groups is 1. The van der Waals surface area contributed by atoms with Crippen LogP contribution in [0.25, 0.3) is 0 Å². The fraction of sp³-hybridized carbons (Fsp3) is 0.412. The first kappa shape index (κ1) is 16.4. The van der Waals surface area contributed by atoms with Crippen LogP contribution in [0.1, 0.15) is 25.3 Å². The van der Waals surface area contributed by atoms with Gasteiger partial charge in [-0.1, -0.05) is 24.6 Å². The van der Waals surface area contributed by atoms with Crippen molar-refractivity contribution in [3.05, 3.63) is 40.6 Å². The maximum absolute atomic E-state index is 12.4. The Morgan fingerprint density at radius 1 is 1.45 bits per heavy atom. The average Bonchev–Trinajstić information content (AvgIpc) is 2.52.